The lowest BCUT2D eigenvalue weighted by Crippen LogP contribution is -2.30. The van der Waals surface area contributed by atoms with E-state index in [4.69, 9.17) is 37.0 Å². The van der Waals surface area contributed by atoms with Crippen LogP contribution >= 0.6 is 15.6 Å². The summed E-state index contributed by atoms with van der Waals surface area (Å²) in [6.07, 6.45) is 57.3. The zero-order valence-corrected chi connectivity index (χ0v) is 64.5. The highest BCUT2D eigenvalue weighted by molar-refractivity contribution is 7.47. The van der Waals surface area contributed by atoms with Crippen molar-refractivity contribution in [2.45, 2.75) is 419 Å². The molecule has 3 N–H and O–H groups in total. The molecule has 0 bridgehead atoms. The Morgan fingerprint density at radius 2 is 0.531 bits per heavy atom. The normalized spacial score (nSPS) is 14.3. The molecule has 0 aliphatic rings. The standard InChI is InChI=1S/C77H150O17P2/c1-7-10-12-14-15-16-17-18-19-20-21-22-23-24-25-28-32-38-43-49-55-61-77(82)94-73(66-88-75(80)60-54-48-42-37-31-29-26-27-30-35-40-46-51-57-69(4)5)68-92-96(85,86)90-64-71(78)63-89-95(83,84)91-67-72(65-87-74(79)59-53-45-13-11-8-2)93-76(81)62-56-50-44-39-34-33-36-41-47-52-58-70(6)9-3/h69-73,78H,7-68H2,1-6H3,(H,83,84)(H,85,86)/t70?,71-,72+,73+/m0/s1. The van der Waals surface area contributed by atoms with Crippen molar-refractivity contribution in [2.75, 3.05) is 39.6 Å². The van der Waals surface area contributed by atoms with E-state index in [0.29, 0.717) is 25.7 Å². The van der Waals surface area contributed by atoms with Crippen molar-refractivity contribution in [3.05, 3.63) is 0 Å². The van der Waals surface area contributed by atoms with Crippen molar-refractivity contribution in [1.82, 2.24) is 0 Å². The number of unbranched alkanes of at least 4 members (excludes halogenated alkanes) is 45. The largest absolute Gasteiger partial charge is 0.472 e. The Morgan fingerprint density at radius 1 is 0.302 bits per heavy atom. The molecule has 0 aromatic carbocycles. The summed E-state index contributed by atoms with van der Waals surface area (Å²) in [6, 6.07) is 0. The predicted octanol–water partition coefficient (Wildman–Crippen LogP) is 22.7. The molecule has 17 nitrogen and oxygen atoms in total. The summed E-state index contributed by atoms with van der Waals surface area (Å²) in [6.45, 7) is 9.55. The summed E-state index contributed by atoms with van der Waals surface area (Å²) in [7, 11) is -9.90. The van der Waals surface area contributed by atoms with Crippen LogP contribution in [0.5, 0.6) is 0 Å². The van der Waals surface area contributed by atoms with Gasteiger partial charge in [0.25, 0.3) is 0 Å². The van der Waals surface area contributed by atoms with Crippen LogP contribution in [0.4, 0.5) is 0 Å². The minimum atomic E-state index is -4.96. The number of phosphoric ester groups is 2. The van der Waals surface area contributed by atoms with Gasteiger partial charge in [-0.3, -0.25) is 37.3 Å². The van der Waals surface area contributed by atoms with Gasteiger partial charge in [-0.25, -0.2) is 9.13 Å². The number of aliphatic hydroxyl groups excluding tert-OH is 1. The molecule has 19 heteroatoms. The average molecular weight is 1410 g/mol. The van der Waals surface area contributed by atoms with Crippen LogP contribution in [0.15, 0.2) is 0 Å². The second kappa shape index (κ2) is 68.8. The van der Waals surface area contributed by atoms with Crippen molar-refractivity contribution >= 4 is 39.5 Å². The summed E-state index contributed by atoms with van der Waals surface area (Å²) in [5.41, 5.74) is 0. The number of hydrogen-bond donors (Lipinski definition) is 3. The Balaban J connectivity index is 5.13. The van der Waals surface area contributed by atoms with Gasteiger partial charge in [0, 0.05) is 25.7 Å². The molecule has 0 rings (SSSR count). The Morgan fingerprint density at radius 3 is 0.792 bits per heavy atom. The van der Waals surface area contributed by atoms with Gasteiger partial charge in [-0.05, 0) is 37.5 Å². The van der Waals surface area contributed by atoms with Crippen LogP contribution in [0.1, 0.15) is 401 Å². The van der Waals surface area contributed by atoms with E-state index in [1.807, 2.05) is 0 Å². The van der Waals surface area contributed by atoms with Crippen LogP contribution in [-0.2, 0) is 65.4 Å². The average Bonchev–Trinajstić information content (AvgIpc) is 1.47. The highest BCUT2D eigenvalue weighted by Crippen LogP contribution is 2.45. The summed E-state index contributed by atoms with van der Waals surface area (Å²) < 4.78 is 68.3. The fraction of sp³-hybridized carbons (Fsp3) is 0.948. The molecule has 0 aromatic heterocycles. The molecule has 6 atom stereocenters. The number of phosphoric acid groups is 2. The van der Waals surface area contributed by atoms with Gasteiger partial charge >= 0.3 is 39.5 Å². The second-order valence-electron chi connectivity index (χ2n) is 28.5. The summed E-state index contributed by atoms with van der Waals surface area (Å²) in [5.74, 6) is -0.532. The zero-order chi connectivity index (χ0) is 70.7. The van der Waals surface area contributed by atoms with Gasteiger partial charge in [-0.1, -0.05) is 350 Å². The Hall–Kier alpha value is -1.94. The highest BCUT2D eigenvalue weighted by atomic mass is 31.2. The van der Waals surface area contributed by atoms with Crippen LogP contribution in [0.2, 0.25) is 0 Å². The van der Waals surface area contributed by atoms with Crippen LogP contribution in [0.3, 0.4) is 0 Å². The molecular formula is C77H150O17P2. The lowest BCUT2D eigenvalue weighted by molar-refractivity contribution is -0.161. The van der Waals surface area contributed by atoms with Gasteiger partial charge in [0.05, 0.1) is 26.4 Å². The quantitative estimate of drug-likeness (QED) is 0.0222. The van der Waals surface area contributed by atoms with Gasteiger partial charge in [0.2, 0.25) is 0 Å². The summed E-state index contributed by atoms with van der Waals surface area (Å²) in [5, 5.41) is 10.6. The van der Waals surface area contributed by atoms with Crippen molar-refractivity contribution in [2.24, 2.45) is 11.8 Å². The van der Waals surface area contributed by atoms with Crippen molar-refractivity contribution in [3.8, 4) is 0 Å². The Bertz CT molecular complexity index is 1860. The molecule has 0 radical (unpaired) electrons. The number of hydrogen-bond acceptors (Lipinski definition) is 15. The van der Waals surface area contributed by atoms with Gasteiger partial charge in [0.1, 0.15) is 19.3 Å². The molecule has 0 amide bonds. The molecule has 0 spiro atoms. The first-order chi connectivity index (χ1) is 46.4. The smallest absolute Gasteiger partial charge is 0.462 e. The van der Waals surface area contributed by atoms with Crippen LogP contribution in [0, 0.1) is 11.8 Å². The number of carbonyl (C=O) groups is 4. The molecule has 0 aliphatic carbocycles. The molecule has 0 aromatic rings. The monoisotopic (exact) mass is 1410 g/mol. The van der Waals surface area contributed by atoms with Crippen LogP contribution < -0.4 is 0 Å². The SMILES string of the molecule is CCCCCCCCCCCCCCCCCCCCCCCC(=O)O[C@H](COC(=O)CCCCCCCCCCCCCCCC(C)C)COP(=O)(O)OC[C@@H](O)COP(=O)(O)OC[C@@H](COC(=O)CCCCCCC)OC(=O)CCCCCCCCCCCCC(C)CC. The fourth-order valence-corrected chi connectivity index (χ4v) is 13.4. The van der Waals surface area contributed by atoms with E-state index in [1.165, 1.54) is 212 Å². The molecule has 570 valence electrons. The molecule has 3 unspecified atom stereocenters. The highest BCUT2D eigenvalue weighted by Gasteiger charge is 2.30. The maximum atomic E-state index is 13.1. The maximum absolute atomic E-state index is 13.1. The van der Waals surface area contributed by atoms with Gasteiger partial charge < -0.3 is 33.8 Å². The van der Waals surface area contributed by atoms with Crippen molar-refractivity contribution in [1.29, 1.82) is 0 Å². The molecule has 96 heavy (non-hydrogen) atoms. The fourth-order valence-electron chi connectivity index (χ4n) is 11.8. The van der Waals surface area contributed by atoms with E-state index in [-0.39, 0.29) is 25.7 Å². The Labute approximate surface area is 588 Å². The lowest BCUT2D eigenvalue weighted by Gasteiger charge is -2.21. The van der Waals surface area contributed by atoms with E-state index >= 15 is 0 Å². The Kier molecular flexibility index (Phi) is 67.4. The minimum Gasteiger partial charge on any atom is -0.462 e. The van der Waals surface area contributed by atoms with Crippen molar-refractivity contribution < 1.29 is 80.2 Å². The van der Waals surface area contributed by atoms with E-state index < -0.39 is 97.5 Å². The maximum Gasteiger partial charge on any atom is 0.472 e. The number of rotatable bonds is 76. The number of ether oxygens (including phenoxy) is 4. The van der Waals surface area contributed by atoms with Gasteiger partial charge in [0.15, 0.2) is 12.2 Å². The van der Waals surface area contributed by atoms with E-state index in [2.05, 4.69) is 41.5 Å². The molecule has 0 saturated heterocycles. The van der Waals surface area contributed by atoms with E-state index in [9.17, 15) is 43.2 Å². The second-order valence-corrected chi connectivity index (χ2v) is 31.4. The molecule has 0 heterocycles. The minimum absolute atomic E-state index is 0.105. The topological polar surface area (TPSA) is 237 Å². The first-order valence-electron chi connectivity index (χ1n) is 40.0. The van der Waals surface area contributed by atoms with E-state index in [0.717, 1.165) is 108 Å². The third kappa shape index (κ3) is 69.2. The molecular weight excluding hydrogens is 1260 g/mol. The van der Waals surface area contributed by atoms with Gasteiger partial charge in [-0.2, -0.15) is 0 Å². The van der Waals surface area contributed by atoms with Gasteiger partial charge in [-0.15, -0.1) is 0 Å². The lowest BCUT2D eigenvalue weighted by atomic mass is 9.99. The van der Waals surface area contributed by atoms with E-state index in [1.54, 1.807) is 0 Å². The molecule has 0 saturated carbocycles. The summed E-state index contributed by atoms with van der Waals surface area (Å²) in [4.78, 5) is 72.6. The zero-order valence-electron chi connectivity index (χ0n) is 62.7. The molecule has 0 fully saturated rings. The first-order valence-corrected chi connectivity index (χ1v) is 43.0. The summed E-state index contributed by atoms with van der Waals surface area (Å²) >= 11 is 0. The third-order valence-corrected chi connectivity index (χ3v) is 20.2. The van der Waals surface area contributed by atoms with Crippen LogP contribution in [-0.4, -0.2) is 96.7 Å². The first kappa shape index (κ1) is 94.1. The number of esters is 4. The number of aliphatic hydroxyl groups is 1. The van der Waals surface area contributed by atoms with Crippen LogP contribution in [0.25, 0.3) is 0 Å². The van der Waals surface area contributed by atoms with Crippen molar-refractivity contribution in [3.63, 3.8) is 0 Å². The third-order valence-electron chi connectivity index (χ3n) is 18.3. The molecule has 0 aliphatic heterocycles. The number of carbonyl (C=O) groups excluding carboxylic acids is 4. The predicted molar refractivity (Wildman–Crippen MR) is 391 cm³/mol.